The summed E-state index contributed by atoms with van der Waals surface area (Å²) in [6.45, 7) is 0.610. The Labute approximate surface area is 103 Å². The summed E-state index contributed by atoms with van der Waals surface area (Å²) in [7, 11) is 0. The topological polar surface area (TPSA) is 38.7 Å². The van der Waals surface area contributed by atoms with Crippen LogP contribution in [0.2, 0.25) is 0 Å². The number of ether oxygens (including phenoxy) is 2. The van der Waals surface area contributed by atoms with Crippen molar-refractivity contribution in [1.29, 1.82) is 0 Å². The van der Waals surface area contributed by atoms with Gasteiger partial charge in [-0.1, -0.05) is 12.1 Å². The predicted molar refractivity (Wildman–Crippen MR) is 59.4 cm³/mol. The molecule has 0 heterocycles. The van der Waals surface area contributed by atoms with E-state index >= 15 is 0 Å². The lowest BCUT2D eigenvalue weighted by molar-refractivity contribution is -0.179. The molecule has 18 heavy (non-hydrogen) atoms. The molecule has 1 rings (SSSR count). The Bertz CT molecular complexity index is 349. The second-order valence-electron chi connectivity index (χ2n) is 3.65. The number of hydrogen-bond acceptors (Lipinski definition) is 3. The molecule has 6 heteroatoms. The standard InChI is InChI=1S/C12H15F3O3/c1-2-18-10-5-3-9(4-6-10)11(16)7-17-8-12(13,14)15/h3-6,11,16H,2,7-8H2,1H3. The van der Waals surface area contributed by atoms with E-state index in [-0.39, 0.29) is 0 Å². The van der Waals surface area contributed by atoms with E-state index in [4.69, 9.17) is 4.74 Å². The second kappa shape index (κ2) is 6.61. The molecule has 0 bridgehead atoms. The molecule has 0 aliphatic heterocycles. The maximum absolute atomic E-state index is 11.8. The van der Waals surface area contributed by atoms with Crippen LogP contribution in [0, 0.1) is 0 Å². The highest BCUT2D eigenvalue weighted by Crippen LogP contribution is 2.20. The first-order valence-corrected chi connectivity index (χ1v) is 5.47. The van der Waals surface area contributed by atoms with Crippen molar-refractivity contribution in [3.05, 3.63) is 29.8 Å². The molecule has 0 amide bonds. The molecule has 1 aromatic rings. The van der Waals surface area contributed by atoms with Gasteiger partial charge in [-0.05, 0) is 24.6 Å². The molecule has 1 unspecified atom stereocenters. The summed E-state index contributed by atoms with van der Waals surface area (Å²) in [5.41, 5.74) is 0.487. The number of benzene rings is 1. The van der Waals surface area contributed by atoms with Crippen LogP contribution in [-0.4, -0.2) is 31.1 Å². The lowest BCUT2D eigenvalue weighted by Gasteiger charge is -2.13. The quantitative estimate of drug-likeness (QED) is 0.858. The zero-order valence-corrected chi connectivity index (χ0v) is 9.91. The molecule has 1 aromatic carbocycles. The number of aliphatic hydroxyl groups excluding tert-OH is 1. The fourth-order valence-corrected chi connectivity index (χ4v) is 1.34. The van der Waals surface area contributed by atoms with E-state index in [0.29, 0.717) is 17.9 Å². The van der Waals surface area contributed by atoms with Gasteiger partial charge in [-0.25, -0.2) is 0 Å². The molecule has 0 fully saturated rings. The van der Waals surface area contributed by atoms with E-state index in [0.717, 1.165) is 0 Å². The van der Waals surface area contributed by atoms with Gasteiger partial charge in [0.25, 0.3) is 0 Å². The fourth-order valence-electron chi connectivity index (χ4n) is 1.34. The van der Waals surface area contributed by atoms with Gasteiger partial charge in [-0.15, -0.1) is 0 Å². The third-order valence-corrected chi connectivity index (χ3v) is 2.12. The minimum atomic E-state index is -4.38. The van der Waals surface area contributed by atoms with E-state index < -0.39 is 25.5 Å². The van der Waals surface area contributed by atoms with Gasteiger partial charge in [0.05, 0.1) is 13.2 Å². The molecule has 0 aromatic heterocycles. The molecule has 1 atom stereocenters. The van der Waals surface area contributed by atoms with Crippen LogP contribution in [0.25, 0.3) is 0 Å². The number of halogens is 3. The van der Waals surface area contributed by atoms with Crippen LogP contribution in [0.1, 0.15) is 18.6 Å². The van der Waals surface area contributed by atoms with Crippen LogP contribution in [0.5, 0.6) is 5.75 Å². The van der Waals surface area contributed by atoms with E-state index in [1.54, 1.807) is 24.3 Å². The minimum Gasteiger partial charge on any atom is -0.494 e. The number of alkyl halides is 3. The molecule has 0 spiro atoms. The minimum absolute atomic E-state index is 0.395. The Kier molecular flexibility index (Phi) is 5.43. The zero-order chi connectivity index (χ0) is 13.6. The third-order valence-electron chi connectivity index (χ3n) is 2.12. The van der Waals surface area contributed by atoms with Gasteiger partial charge in [-0.3, -0.25) is 0 Å². The highest BCUT2D eigenvalue weighted by atomic mass is 19.4. The molecular formula is C12H15F3O3. The molecule has 1 N–H and O–H groups in total. The van der Waals surface area contributed by atoms with E-state index in [1.165, 1.54) is 0 Å². The average Bonchev–Trinajstić information content (AvgIpc) is 2.28. The first kappa shape index (κ1) is 14.8. The van der Waals surface area contributed by atoms with Gasteiger partial charge in [0, 0.05) is 0 Å². The number of hydrogen-bond donors (Lipinski definition) is 1. The lowest BCUT2D eigenvalue weighted by atomic mass is 10.1. The first-order chi connectivity index (χ1) is 8.42. The fraction of sp³-hybridized carbons (Fsp3) is 0.500. The summed E-state index contributed by atoms with van der Waals surface area (Å²) in [6.07, 6.45) is -5.46. The maximum Gasteiger partial charge on any atom is 0.411 e. The van der Waals surface area contributed by atoms with Crippen molar-refractivity contribution in [3.8, 4) is 5.75 Å². The molecule has 0 aliphatic rings. The number of rotatable bonds is 6. The highest BCUT2D eigenvalue weighted by Gasteiger charge is 2.27. The second-order valence-corrected chi connectivity index (χ2v) is 3.65. The Morgan fingerprint density at radius 3 is 2.33 bits per heavy atom. The van der Waals surface area contributed by atoms with Crippen molar-refractivity contribution < 1.29 is 27.8 Å². The summed E-state index contributed by atoms with van der Waals surface area (Å²) in [4.78, 5) is 0. The van der Waals surface area contributed by atoms with Gasteiger partial charge in [0.15, 0.2) is 0 Å². The van der Waals surface area contributed by atoms with Gasteiger partial charge in [0.1, 0.15) is 18.5 Å². The molecule has 0 aliphatic carbocycles. The van der Waals surface area contributed by atoms with Crippen molar-refractivity contribution in [2.75, 3.05) is 19.8 Å². The first-order valence-electron chi connectivity index (χ1n) is 5.47. The number of aliphatic hydroxyl groups is 1. The average molecular weight is 264 g/mol. The highest BCUT2D eigenvalue weighted by molar-refractivity contribution is 5.28. The Hall–Kier alpha value is -1.27. The summed E-state index contributed by atoms with van der Waals surface area (Å²) < 4.78 is 45.1. The summed E-state index contributed by atoms with van der Waals surface area (Å²) in [5, 5.41) is 9.60. The van der Waals surface area contributed by atoms with Crippen LogP contribution in [0.15, 0.2) is 24.3 Å². The smallest absolute Gasteiger partial charge is 0.411 e. The molecule has 102 valence electrons. The summed E-state index contributed by atoms with van der Waals surface area (Å²) >= 11 is 0. The van der Waals surface area contributed by atoms with Crippen molar-refractivity contribution in [1.82, 2.24) is 0 Å². The van der Waals surface area contributed by atoms with Gasteiger partial charge in [-0.2, -0.15) is 13.2 Å². The van der Waals surface area contributed by atoms with E-state index in [2.05, 4.69) is 4.74 Å². The van der Waals surface area contributed by atoms with Crippen LogP contribution in [0.3, 0.4) is 0 Å². The SMILES string of the molecule is CCOc1ccc(C(O)COCC(F)(F)F)cc1. The Balaban J connectivity index is 2.43. The van der Waals surface area contributed by atoms with Crippen LogP contribution in [-0.2, 0) is 4.74 Å². The van der Waals surface area contributed by atoms with Gasteiger partial charge in [0.2, 0.25) is 0 Å². The summed E-state index contributed by atoms with van der Waals surface area (Å²) in [6, 6.07) is 6.47. The van der Waals surface area contributed by atoms with Crippen molar-refractivity contribution >= 4 is 0 Å². The molecule has 3 nitrogen and oxygen atoms in total. The van der Waals surface area contributed by atoms with Crippen LogP contribution < -0.4 is 4.74 Å². The van der Waals surface area contributed by atoms with Crippen LogP contribution in [0.4, 0.5) is 13.2 Å². The molecule has 0 radical (unpaired) electrons. The maximum atomic E-state index is 11.8. The largest absolute Gasteiger partial charge is 0.494 e. The van der Waals surface area contributed by atoms with Gasteiger partial charge < -0.3 is 14.6 Å². The lowest BCUT2D eigenvalue weighted by Crippen LogP contribution is -2.19. The van der Waals surface area contributed by atoms with Crippen LogP contribution >= 0.6 is 0 Å². The zero-order valence-electron chi connectivity index (χ0n) is 9.91. The van der Waals surface area contributed by atoms with Crippen molar-refractivity contribution in [2.45, 2.75) is 19.2 Å². The predicted octanol–water partition coefficient (Wildman–Crippen LogP) is 2.70. The van der Waals surface area contributed by atoms with E-state index in [9.17, 15) is 18.3 Å². The molecule has 0 saturated heterocycles. The van der Waals surface area contributed by atoms with Gasteiger partial charge >= 0.3 is 6.18 Å². The Morgan fingerprint density at radius 1 is 1.22 bits per heavy atom. The molecular weight excluding hydrogens is 249 g/mol. The Morgan fingerprint density at radius 2 is 1.83 bits per heavy atom. The van der Waals surface area contributed by atoms with E-state index in [1.807, 2.05) is 6.92 Å². The monoisotopic (exact) mass is 264 g/mol. The normalized spacial score (nSPS) is 13.4. The summed E-state index contributed by atoms with van der Waals surface area (Å²) in [5.74, 6) is 0.643. The van der Waals surface area contributed by atoms with Crippen molar-refractivity contribution in [2.24, 2.45) is 0 Å². The third kappa shape index (κ3) is 5.37. The molecule has 0 saturated carbocycles. The van der Waals surface area contributed by atoms with Crippen molar-refractivity contribution in [3.63, 3.8) is 0 Å².